The first-order chi connectivity index (χ1) is 11.5. The van der Waals surface area contributed by atoms with E-state index in [1.54, 1.807) is 29.1 Å². The molecule has 2 atom stereocenters. The molecule has 126 valence electrons. The van der Waals surface area contributed by atoms with Gasteiger partial charge in [0.05, 0.1) is 12.6 Å². The second-order valence-electron chi connectivity index (χ2n) is 5.83. The normalized spacial score (nSPS) is 22.2. The molecule has 1 unspecified atom stereocenters. The molecule has 0 amide bonds. The van der Waals surface area contributed by atoms with Gasteiger partial charge in [0.25, 0.3) is 0 Å². The van der Waals surface area contributed by atoms with E-state index in [0.29, 0.717) is 6.42 Å². The highest BCUT2D eigenvalue weighted by Gasteiger charge is 2.24. The number of hydrogen-bond donors (Lipinski definition) is 0. The van der Waals surface area contributed by atoms with Crippen LogP contribution < -0.4 is 0 Å². The Bertz CT molecular complexity index is 711. The molecular formula is C19H21NO3S. The van der Waals surface area contributed by atoms with Gasteiger partial charge in [-0.3, -0.25) is 9.78 Å². The molecule has 1 aliphatic carbocycles. The molecule has 4 nitrogen and oxygen atoms in total. The highest BCUT2D eigenvalue weighted by atomic mass is 32.1. The number of hydrogen-bond acceptors (Lipinski definition) is 5. The average molecular weight is 343 g/mol. The molecule has 2 rings (SSSR count). The summed E-state index contributed by atoms with van der Waals surface area (Å²) in [7, 11) is 1.36. The lowest BCUT2D eigenvalue weighted by Gasteiger charge is -2.25. The lowest BCUT2D eigenvalue weighted by atomic mass is 9.78. The van der Waals surface area contributed by atoms with Crippen molar-refractivity contribution in [3.63, 3.8) is 0 Å². The van der Waals surface area contributed by atoms with Crippen molar-refractivity contribution in [1.82, 2.24) is 4.98 Å². The molecule has 1 aliphatic rings. The number of methoxy groups -OCH3 is 1. The molecule has 0 N–H and O–H groups in total. The van der Waals surface area contributed by atoms with Crippen molar-refractivity contribution < 1.29 is 14.3 Å². The molecule has 0 aromatic carbocycles. The Morgan fingerprint density at radius 1 is 1.42 bits per heavy atom. The van der Waals surface area contributed by atoms with Gasteiger partial charge in [0.15, 0.2) is 5.78 Å². The fraction of sp³-hybridized carbons (Fsp3) is 0.316. The molecular weight excluding hydrogens is 322 g/mol. The minimum absolute atomic E-state index is 0.132. The number of ether oxygens (including phenoxy) is 1. The minimum Gasteiger partial charge on any atom is -0.466 e. The number of ketones is 1. The van der Waals surface area contributed by atoms with Crippen molar-refractivity contribution in [2.75, 3.05) is 7.11 Å². The summed E-state index contributed by atoms with van der Waals surface area (Å²) in [6.07, 6.45) is 13.4. The van der Waals surface area contributed by atoms with Crippen LogP contribution in [0.25, 0.3) is 6.08 Å². The lowest BCUT2D eigenvalue weighted by molar-refractivity contribution is -0.134. The molecule has 0 aliphatic heterocycles. The SMILES string of the molecule is COC(=O)/C=C(C)\C=C\[C@H]1C(/C=C/c2cncs2)=CC(=O)CC1C. The molecule has 0 fully saturated rings. The quantitative estimate of drug-likeness (QED) is 0.461. The fourth-order valence-corrected chi connectivity index (χ4v) is 3.12. The predicted molar refractivity (Wildman–Crippen MR) is 96.4 cm³/mol. The second kappa shape index (κ2) is 8.55. The lowest BCUT2D eigenvalue weighted by Crippen LogP contribution is -2.20. The monoisotopic (exact) mass is 343 g/mol. The zero-order chi connectivity index (χ0) is 17.5. The van der Waals surface area contributed by atoms with Gasteiger partial charge in [-0.15, -0.1) is 11.3 Å². The summed E-state index contributed by atoms with van der Waals surface area (Å²) < 4.78 is 4.63. The van der Waals surface area contributed by atoms with Gasteiger partial charge >= 0.3 is 5.97 Å². The van der Waals surface area contributed by atoms with E-state index >= 15 is 0 Å². The number of carbonyl (C=O) groups excluding carboxylic acids is 2. The molecule has 24 heavy (non-hydrogen) atoms. The summed E-state index contributed by atoms with van der Waals surface area (Å²) in [5, 5.41) is 0. The standard InChI is InChI=1S/C19H21NO3S/c1-13(8-19(22)23-3)4-7-18-14(2)9-16(21)10-15(18)5-6-17-11-20-12-24-17/h4-8,10-12,14,18H,9H2,1-3H3/b6-5+,7-4+,13-8-/t14?,18-/m1/s1. The van der Waals surface area contributed by atoms with Gasteiger partial charge in [0.2, 0.25) is 0 Å². The molecule has 1 aromatic heterocycles. The van der Waals surface area contributed by atoms with E-state index in [0.717, 1.165) is 16.0 Å². The maximum Gasteiger partial charge on any atom is 0.330 e. The Morgan fingerprint density at radius 2 is 2.21 bits per heavy atom. The van der Waals surface area contributed by atoms with Crippen LogP contribution in [0.4, 0.5) is 0 Å². The van der Waals surface area contributed by atoms with Crippen molar-refractivity contribution in [3.8, 4) is 0 Å². The van der Waals surface area contributed by atoms with Crippen LogP contribution in [0.1, 0.15) is 25.1 Å². The number of aromatic nitrogens is 1. The number of thiazole rings is 1. The van der Waals surface area contributed by atoms with Crippen molar-refractivity contribution in [1.29, 1.82) is 0 Å². The fourth-order valence-electron chi connectivity index (χ4n) is 2.61. The zero-order valence-corrected chi connectivity index (χ0v) is 14.9. The van der Waals surface area contributed by atoms with Gasteiger partial charge in [-0.05, 0) is 36.1 Å². The largest absolute Gasteiger partial charge is 0.466 e. The predicted octanol–water partition coefficient (Wildman–Crippen LogP) is 3.98. The average Bonchev–Trinajstić information content (AvgIpc) is 3.05. The van der Waals surface area contributed by atoms with Crippen LogP contribution in [0.5, 0.6) is 0 Å². The summed E-state index contributed by atoms with van der Waals surface area (Å²) in [4.78, 5) is 28.3. The van der Waals surface area contributed by atoms with Gasteiger partial charge in [-0.1, -0.05) is 25.2 Å². The molecule has 0 saturated heterocycles. The van der Waals surface area contributed by atoms with Crippen LogP contribution in [-0.2, 0) is 14.3 Å². The maximum atomic E-state index is 11.9. The summed E-state index contributed by atoms with van der Waals surface area (Å²) in [6.45, 7) is 3.92. The zero-order valence-electron chi connectivity index (χ0n) is 14.1. The number of carbonyl (C=O) groups is 2. The van der Waals surface area contributed by atoms with E-state index in [2.05, 4.69) is 22.7 Å². The van der Waals surface area contributed by atoms with Gasteiger partial charge in [0, 0.05) is 29.5 Å². The van der Waals surface area contributed by atoms with Gasteiger partial charge in [0.1, 0.15) is 0 Å². The summed E-state index contributed by atoms with van der Waals surface area (Å²) >= 11 is 1.55. The summed E-state index contributed by atoms with van der Waals surface area (Å²) in [5.41, 5.74) is 3.58. The molecule has 1 heterocycles. The van der Waals surface area contributed by atoms with Crippen LogP contribution in [0.2, 0.25) is 0 Å². The summed E-state index contributed by atoms with van der Waals surface area (Å²) in [5.74, 6) is 0.126. The van der Waals surface area contributed by atoms with Crippen molar-refractivity contribution in [2.24, 2.45) is 11.8 Å². The number of allylic oxidation sites excluding steroid dienone is 6. The van der Waals surface area contributed by atoms with E-state index in [9.17, 15) is 9.59 Å². The minimum atomic E-state index is -0.370. The van der Waals surface area contributed by atoms with Crippen molar-refractivity contribution in [3.05, 3.63) is 58.1 Å². The topological polar surface area (TPSA) is 56.3 Å². The molecule has 0 saturated carbocycles. The summed E-state index contributed by atoms with van der Waals surface area (Å²) in [6, 6.07) is 0. The van der Waals surface area contributed by atoms with E-state index in [1.807, 2.05) is 25.2 Å². The van der Waals surface area contributed by atoms with Crippen molar-refractivity contribution >= 4 is 29.2 Å². The van der Waals surface area contributed by atoms with E-state index in [4.69, 9.17) is 0 Å². The highest BCUT2D eigenvalue weighted by Crippen LogP contribution is 2.31. The Morgan fingerprint density at radius 3 is 2.88 bits per heavy atom. The molecule has 1 aromatic rings. The Labute approximate surface area is 146 Å². The Kier molecular flexibility index (Phi) is 6.44. The first kappa shape index (κ1) is 18.1. The van der Waals surface area contributed by atoms with Gasteiger partial charge in [-0.2, -0.15) is 0 Å². The number of esters is 1. The Hall–Kier alpha value is -2.27. The van der Waals surface area contributed by atoms with E-state index in [1.165, 1.54) is 13.2 Å². The van der Waals surface area contributed by atoms with Crippen LogP contribution in [0.15, 0.2) is 53.2 Å². The Balaban J connectivity index is 2.20. The molecule has 5 heteroatoms. The van der Waals surface area contributed by atoms with Crippen LogP contribution in [0, 0.1) is 11.8 Å². The molecule has 0 bridgehead atoms. The molecule has 0 spiro atoms. The smallest absolute Gasteiger partial charge is 0.330 e. The third-order valence-corrected chi connectivity index (χ3v) is 4.59. The first-order valence-corrected chi connectivity index (χ1v) is 8.63. The third kappa shape index (κ3) is 5.13. The van der Waals surface area contributed by atoms with Crippen LogP contribution in [0.3, 0.4) is 0 Å². The van der Waals surface area contributed by atoms with Gasteiger partial charge < -0.3 is 4.74 Å². The third-order valence-electron chi connectivity index (χ3n) is 3.85. The number of rotatable bonds is 5. The van der Waals surface area contributed by atoms with Crippen LogP contribution >= 0.6 is 11.3 Å². The van der Waals surface area contributed by atoms with Gasteiger partial charge in [-0.25, -0.2) is 4.79 Å². The first-order valence-electron chi connectivity index (χ1n) is 7.75. The molecule has 0 radical (unpaired) electrons. The second-order valence-corrected chi connectivity index (χ2v) is 6.74. The number of nitrogens with zero attached hydrogens (tertiary/aromatic N) is 1. The van der Waals surface area contributed by atoms with Crippen LogP contribution in [-0.4, -0.2) is 23.8 Å². The van der Waals surface area contributed by atoms with Crippen molar-refractivity contribution in [2.45, 2.75) is 20.3 Å². The van der Waals surface area contributed by atoms with E-state index < -0.39 is 0 Å². The highest BCUT2D eigenvalue weighted by molar-refractivity contribution is 7.10. The maximum absolute atomic E-state index is 11.9. The van der Waals surface area contributed by atoms with E-state index in [-0.39, 0.29) is 23.6 Å².